The smallest absolute Gasteiger partial charge is 0.254 e. The van der Waals surface area contributed by atoms with Gasteiger partial charge in [-0.1, -0.05) is 18.6 Å². The highest BCUT2D eigenvalue weighted by atomic mass is 19.1. The van der Waals surface area contributed by atoms with E-state index in [-0.39, 0.29) is 11.4 Å². The number of hydrogen-bond acceptors (Lipinski definition) is 2. The van der Waals surface area contributed by atoms with Gasteiger partial charge in [-0.2, -0.15) is 0 Å². The van der Waals surface area contributed by atoms with E-state index in [1.165, 1.54) is 12.1 Å². The van der Waals surface area contributed by atoms with Crippen molar-refractivity contribution in [3.05, 3.63) is 63.1 Å². The van der Waals surface area contributed by atoms with E-state index >= 15 is 0 Å². The predicted molar refractivity (Wildman–Crippen MR) is 79.9 cm³/mol. The summed E-state index contributed by atoms with van der Waals surface area (Å²) in [5, 5.41) is 0. The highest BCUT2D eigenvalue weighted by molar-refractivity contribution is 5.21. The van der Waals surface area contributed by atoms with Crippen LogP contribution >= 0.6 is 0 Å². The van der Waals surface area contributed by atoms with Gasteiger partial charge in [-0.05, 0) is 49.8 Å². The van der Waals surface area contributed by atoms with Gasteiger partial charge in [0.2, 0.25) is 0 Å². The normalized spacial score (nSPS) is 14.5. The summed E-state index contributed by atoms with van der Waals surface area (Å²) in [5.74, 6) is 0.487. The van der Waals surface area contributed by atoms with Gasteiger partial charge in [0.1, 0.15) is 11.6 Å². The van der Waals surface area contributed by atoms with Crippen molar-refractivity contribution in [1.29, 1.82) is 0 Å². The molecule has 0 amide bonds. The van der Waals surface area contributed by atoms with Crippen LogP contribution in [-0.2, 0) is 25.7 Å². The third-order valence-corrected chi connectivity index (χ3v) is 4.03. The van der Waals surface area contributed by atoms with Crippen LogP contribution in [0.3, 0.4) is 0 Å². The van der Waals surface area contributed by atoms with E-state index in [0.717, 1.165) is 48.9 Å². The van der Waals surface area contributed by atoms with Crippen molar-refractivity contribution >= 4 is 0 Å². The van der Waals surface area contributed by atoms with Gasteiger partial charge in [0, 0.05) is 12.0 Å². The molecular weight excluding hydrogens is 267 g/mol. The Morgan fingerprint density at radius 1 is 1.14 bits per heavy atom. The minimum absolute atomic E-state index is 0.0103. The van der Waals surface area contributed by atoms with Gasteiger partial charge in [-0.3, -0.25) is 4.79 Å². The summed E-state index contributed by atoms with van der Waals surface area (Å²) in [5.41, 5.74) is 2.76. The van der Waals surface area contributed by atoms with Crippen LogP contribution in [0.15, 0.2) is 29.1 Å². The second-order valence-corrected chi connectivity index (χ2v) is 5.63. The van der Waals surface area contributed by atoms with E-state index < -0.39 is 0 Å². The molecule has 4 heteroatoms. The van der Waals surface area contributed by atoms with Gasteiger partial charge >= 0.3 is 0 Å². The predicted octanol–water partition coefficient (Wildman–Crippen LogP) is 2.96. The molecule has 3 nitrogen and oxygen atoms in total. The lowest BCUT2D eigenvalue weighted by Crippen LogP contribution is -2.20. The largest absolute Gasteiger partial charge is 0.310 e. The van der Waals surface area contributed by atoms with E-state index in [9.17, 15) is 9.18 Å². The van der Waals surface area contributed by atoms with Crippen molar-refractivity contribution in [1.82, 2.24) is 9.97 Å². The molecular formula is C17H19FN2O. The number of halogens is 1. The van der Waals surface area contributed by atoms with Crippen LogP contribution < -0.4 is 5.56 Å². The number of benzene rings is 1. The number of aromatic nitrogens is 2. The van der Waals surface area contributed by atoms with E-state index in [2.05, 4.69) is 9.97 Å². The number of hydrogen-bond donors (Lipinski definition) is 1. The summed E-state index contributed by atoms with van der Waals surface area (Å²) in [4.78, 5) is 19.7. The average molecular weight is 286 g/mol. The van der Waals surface area contributed by atoms with E-state index in [1.54, 1.807) is 6.07 Å². The van der Waals surface area contributed by atoms with Gasteiger partial charge in [-0.25, -0.2) is 9.37 Å². The molecule has 1 aromatic heterocycles. The summed E-state index contributed by atoms with van der Waals surface area (Å²) >= 11 is 0. The van der Waals surface area contributed by atoms with Gasteiger partial charge in [-0.15, -0.1) is 0 Å². The zero-order valence-electron chi connectivity index (χ0n) is 12.0. The Morgan fingerprint density at radius 2 is 2.00 bits per heavy atom. The molecule has 0 saturated carbocycles. The molecule has 21 heavy (non-hydrogen) atoms. The van der Waals surface area contributed by atoms with E-state index in [4.69, 9.17) is 0 Å². The minimum Gasteiger partial charge on any atom is -0.310 e. The third-order valence-electron chi connectivity index (χ3n) is 4.03. The fraction of sp³-hybridized carbons (Fsp3) is 0.412. The van der Waals surface area contributed by atoms with Gasteiger partial charge < -0.3 is 4.98 Å². The summed E-state index contributed by atoms with van der Waals surface area (Å²) < 4.78 is 13.2. The molecule has 1 aliphatic rings. The SMILES string of the molecule is O=c1[nH]c(CCc2cccc(F)c2)nc2c1CCCCC2. The zero-order valence-corrected chi connectivity index (χ0v) is 12.0. The third kappa shape index (κ3) is 3.38. The van der Waals surface area contributed by atoms with Crippen LogP contribution in [0.1, 0.15) is 41.9 Å². The molecule has 1 heterocycles. The summed E-state index contributed by atoms with van der Waals surface area (Å²) in [6, 6.07) is 6.57. The quantitative estimate of drug-likeness (QED) is 0.882. The van der Waals surface area contributed by atoms with Crippen LogP contribution in [-0.4, -0.2) is 9.97 Å². The number of nitrogens with zero attached hydrogens (tertiary/aromatic N) is 1. The van der Waals surface area contributed by atoms with Crippen molar-refractivity contribution in [2.45, 2.75) is 44.9 Å². The fourth-order valence-corrected chi connectivity index (χ4v) is 2.91. The molecule has 0 saturated heterocycles. The molecule has 1 aliphatic carbocycles. The van der Waals surface area contributed by atoms with Crippen molar-refractivity contribution in [2.24, 2.45) is 0 Å². The number of rotatable bonds is 3. The molecule has 0 fully saturated rings. The maximum atomic E-state index is 13.2. The number of fused-ring (bicyclic) bond motifs is 1. The molecule has 0 radical (unpaired) electrons. The minimum atomic E-state index is -0.226. The summed E-state index contributed by atoms with van der Waals surface area (Å²) in [7, 11) is 0. The first kappa shape index (κ1) is 14.0. The average Bonchev–Trinajstić information content (AvgIpc) is 2.71. The Hall–Kier alpha value is -1.97. The molecule has 1 aromatic carbocycles. The first-order valence-electron chi connectivity index (χ1n) is 7.58. The van der Waals surface area contributed by atoms with Crippen molar-refractivity contribution in [3.8, 4) is 0 Å². The lowest BCUT2D eigenvalue weighted by Gasteiger charge is -2.07. The van der Waals surface area contributed by atoms with Crippen molar-refractivity contribution in [2.75, 3.05) is 0 Å². The topological polar surface area (TPSA) is 45.8 Å². The van der Waals surface area contributed by atoms with Gasteiger partial charge in [0.05, 0.1) is 5.69 Å². The Morgan fingerprint density at radius 3 is 2.86 bits per heavy atom. The Labute approximate surface area is 123 Å². The second-order valence-electron chi connectivity index (χ2n) is 5.63. The lowest BCUT2D eigenvalue weighted by atomic mass is 10.1. The standard InChI is InChI=1S/C17H19FN2O/c18-13-6-4-5-12(11-13)9-10-16-19-15-8-3-1-2-7-14(15)17(21)20-16/h4-6,11H,1-3,7-10H2,(H,19,20,21). The molecule has 0 spiro atoms. The van der Waals surface area contributed by atoms with Crippen LogP contribution in [0.4, 0.5) is 4.39 Å². The van der Waals surface area contributed by atoms with E-state index in [0.29, 0.717) is 18.7 Å². The van der Waals surface area contributed by atoms with Crippen LogP contribution in [0, 0.1) is 5.82 Å². The fourth-order valence-electron chi connectivity index (χ4n) is 2.91. The Bertz CT molecular complexity index is 693. The molecule has 0 atom stereocenters. The maximum absolute atomic E-state index is 13.2. The van der Waals surface area contributed by atoms with Crippen molar-refractivity contribution in [3.63, 3.8) is 0 Å². The first-order valence-corrected chi connectivity index (χ1v) is 7.58. The van der Waals surface area contributed by atoms with Crippen LogP contribution in [0.25, 0.3) is 0 Å². The number of nitrogens with one attached hydrogen (secondary N) is 1. The molecule has 3 rings (SSSR count). The van der Waals surface area contributed by atoms with Gasteiger partial charge in [0.25, 0.3) is 5.56 Å². The highest BCUT2D eigenvalue weighted by Gasteiger charge is 2.14. The molecule has 0 aliphatic heterocycles. The maximum Gasteiger partial charge on any atom is 0.254 e. The van der Waals surface area contributed by atoms with Crippen molar-refractivity contribution < 1.29 is 4.39 Å². The summed E-state index contributed by atoms with van der Waals surface area (Å²) in [6.45, 7) is 0. The number of aromatic amines is 1. The Kier molecular flexibility index (Phi) is 4.13. The molecule has 2 aromatic rings. The highest BCUT2D eigenvalue weighted by Crippen LogP contribution is 2.16. The Balaban J connectivity index is 1.78. The zero-order chi connectivity index (χ0) is 14.7. The van der Waals surface area contributed by atoms with Crippen LogP contribution in [0.5, 0.6) is 0 Å². The lowest BCUT2D eigenvalue weighted by molar-refractivity contribution is 0.625. The molecule has 0 unspecified atom stereocenters. The van der Waals surface area contributed by atoms with Crippen LogP contribution in [0.2, 0.25) is 0 Å². The number of aryl methyl sites for hydroxylation is 3. The molecule has 110 valence electrons. The number of H-pyrrole nitrogens is 1. The monoisotopic (exact) mass is 286 g/mol. The van der Waals surface area contributed by atoms with Gasteiger partial charge in [0.15, 0.2) is 0 Å². The molecule has 1 N–H and O–H groups in total. The first-order chi connectivity index (χ1) is 10.2. The second kappa shape index (κ2) is 6.20. The molecule has 0 bridgehead atoms. The van der Waals surface area contributed by atoms with E-state index in [1.807, 2.05) is 6.07 Å². The summed E-state index contributed by atoms with van der Waals surface area (Å²) in [6.07, 6.45) is 6.38.